The van der Waals surface area contributed by atoms with Gasteiger partial charge in [-0.05, 0) is 42.9 Å². The van der Waals surface area contributed by atoms with Crippen LogP contribution in [0.2, 0.25) is 5.02 Å². The van der Waals surface area contributed by atoms with Gasteiger partial charge < -0.3 is 10.2 Å². The van der Waals surface area contributed by atoms with E-state index in [9.17, 15) is 9.59 Å². The Hall–Kier alpha value is -1.55. The van der Waals surface area contributed by atoms with Crippen molar-refractivity contribution in [3.8, 4) is 0 Å². The van der Waals surface area contributed by atoms with Crippen molar-refractivity contribution in [2.45, 2.75) is 32.4 Å². The second-order valence-electron chi connectivity index (χ2n) is 5.62. The van der Waals surface area contributed by atoms with Crippen LogP contribution in [-0.2, 0) is 16.1 Å². The van der Waals surface area contributed by atoms with Crippen LogP contribution in [0.1, 0.15) is 24.0 Å². The second kappa shape index (κ2) is 5.09. The van der Waals surface area contributed by atoms with Gasteiger partial charge in [-0.1, -0.05) is 23.7 Å². The molecule has 1 heterocycles. The average Bonchev–Trinajstić information content (AvgIpc) is 3.21. The number of piperazine rings is 1. The molecule has 1 saturated heterocycles. The predicted octanol–water partition coefficient (Wildman–Crippen LogP) is 1.89. The van der Waals surface area contributed by atoms with Crippen LogP contribution in [-0.4, -0.2) is 29.3 Å². The molecule has 1 saturated carbocycles. The van der Waals surface area contributed by atoms with Crippen LogP contribution in [0.4, 0.5) is 0 Å². The molecule has 106 valence electrons. The van der Waals surface area contributed by atoms with E-state index in [1.807, 2.05) is 25.1 Å². The molecular formula is C15H17ClN2O2. The average molecular weight is 293 g/mol. The van der Waals surface area contributed by atoms with Crippen LogP contribution < -0.4 is 5.32 Å². The molecule has 20 heavy (non-hydrogen) atoms. The number of benzene rings is 1. The summed E-state index contributed by atoms with van der Waals surface area (Å²) in [6.07, 6.45) is 2.03. The number of nitrogens with zero attached hydrogens (tertiary/aromatic N) is 1. The molecule has 3 rings (SSSR count). The molecule has 2 amide bonds. The number of nitrogens with one attached hydrogen (secondary N) is 1. The third-order valence-electron chi connectivity index (χ3n) is 3.96. The van der Waals surface area contributed by atoms with Gasteiger partial charge in [-0.2, -0.15) is 0 Å². The summed E-state index contributed by atoms with van der Waals surface area (Å²) in [5.41, 5.74) is 1.98. The number of halogens is 1. The lowest BCUT2D eigenvalue weighted by Gasteiger charge is -2.35. The van der Waals surface area contributed by atoms with Gasteiger partial charge in [0.05, 0.1) is 6.54 Å². The Bertz CT molecular complexity index is 569. The third-order valence-corrected chi connectivity index (χ3v) is 4.31. The molecule has 1 unspecified atom stereocenters. The Morgan fingerprint density at radius 2 is 2.10 bits per heavy atom. The SMILES string of the molecule is Cc1ccc(CN2C(=O)CNC(=O)C2C2CC2)c(Cl)c1. The van der Waals surface area contributed by atoms with Crippen molar-refractivity contribution in [2.24, 2.45) is 5.92 Å². The maximum atomic E-state index is 12.1. The summed E-state index contributed by atoms with van der Waals surface area (Å²) in [5.74, 6) is 0.247. The fraction of sp³-hybridized carbons (Fsp3) is 0.467. The summed E-state index contributed by atoms with van der Waals surface area (Å²) in [6, 6.07) is 5.47. The van der Waals surface area contributed by atoms with E-state index in [4.69, 9.17) is 11.6 Å². The van der Waals surface area contributed by atoms with E-state index in [0.29, 0.717) is 17.5 Å². The Morgan fingerprint density at radius 3 is 2.75 bits per heavy atom. The first-order valence-electron chi connectivity index (χ1n) is 6.88. The molecule has 2 aliphatic rings. The van der Waals surface area contributed by atoms with Crippen molar-refractivity contribution in [1.29, 1.82) is 0 Å². The standard InChI is InChI=1S/C15H17ClN2O2/c1-9-2-3-11(12(16)6-9)8-18-13(19)7-17-15(20)14(18)10-4-5-10/h2-3,6,10,14H,4-5,7-8H2,1H3,(H,17,20). The number of rotatable bonds is 3. The van der Waals surface area contributed by atoms with Crippen LogP contribution in [0, 0.1) is 12.8 Å². The zero-order valence-corrected chi connectivity index (χ0v) is 12.1. The van der Waals surface area contributed by atoms with Crippen molar-refractivity contribution < 1.29 is 9.59 Å². The smallest absolute Gasteiger partial charge is 0.243 e. The molecule has 4 nitrogen and oxygen atoms in total. The molecule has 1 atom stereocenters. The van der Waals surface area contributed by atoms with Gasteiger partial charge in [-0.15, -0.1) is 0 Å². The fourth-order valence-electron chi connectivity index (χ4n) is 2.70. The van der Waals surface area contributed by atoms with Gasteiger partial charge in [-0.3, -0.25) is 9.59 Å². The van der Waals surface area contributed by atoms with Crippen LogP contribution >= 0.6 is 11.6 Å². The molecule has 0 bridgehead atoms. The highest BCUT2D eigenvalue weighted by Crippen LogP contribution is 2.37. The summed E-state index contributed by atoms with van der Waals surface area (Å²) in [7, 11) is 0. The van der Waals surface area contributed by atoms with Gasteiger partial charge in [0.1, 0.15) is 6.04 Å². The highest BCUT2D eigenvalue weighted by atomic mass is 35.5. The Morgan fingerprint density at radius 1 is 1.35 bits per heavy atom. The lowest BCUT2D eigenvalue weighted by atomic mass is 10.0. The highest BCUT2D eigenvalue weighted by molar-refractivity contribution is 6.31. The first kappa shape index (κ1) is 13.4. The molecule has 0 aromatic heterocycles. The molecule has 1 aliphatic heterocycles. The lowest BCUT2D eigenvalue weighted by Crippen LogP contribution is -2.58. The van der Waals surface area contributed by atoms with E-state index in [1.165, 1.54) is 0 Å². The van der Waals surface area contributed by atoms with Crippen LogP contribution in [0.5, 0.6) is 0 Å². The topological polar surface area (TPSA) is 49.4 Å². The number of carbonyl (C=O) groups excluding carboxylic acids is 2. The second-order valence-corrected chi connectivity index (χ2v) is 6.02. The number of amides is 2. The number of aryl methyl sites for hydroxylation is 1. The minimum atomic E-state index is -0.325. The minimum absolute atomic E-state index is 0.0295. The van der Waals surface area contributed by atoms with Gasteiger partial charge in [0.25, 0.3) is 0 Å². The lowest BCUT2D eigenvalue weighted by molar-refractivity contribution is -0.147. The largest absolute Gasteiger partial charge is 0.345 e. The Balaban J connectivity index is 1.85. The normalized spacial score (nSPS) is 22.9. The molecular weight excluding hydrogens is 276 g/mol. The fourth-order valence-corrected chi connectivity index (χ4v) is 2.99. The van der Waals surface area contributed by atoms with Crippen molar-refractivity contribution in [2.75, 3.05) is 6.54 Å². The molecule has 0 radical (unpaired) electrons. The monoisotopic (exact) mass is 292 g/mol. The van der Waals surface area contributed by atoms with E-state index < -0.39 is 0 Å². The molecule has 1 aromatic rings. The van der Waals surface area contributed by atoms with E-state index in [-0.39, 0.29) is 24.4 Å². The van der Waals surface area contributed by atoms with Gasteiger partial charge in [0.2, 0.25) is 11.8 Å². The molecule has 1 aromatic carbocycles. The van der Waals surface area contributed by atoms with Crippen molar-refractivity contribution in [1.82, 2.24) is 10.2 Å². The quantitative estimate of drug-likeness (QED) is 0.925. The van der Waals surface area contributed by atoms with Crippen molar-refractivity contribution in [3.63, 3.8) is 0 Å². The molecule has 1 N–H and O–H groups in total. The minimum Gasteiger partial charge on any atom is -0.345 e. The zero-order chi connectivity index (χ0) is 14.3. The van der Waals surface area contributed by atoms with Gasteiger partial charge in [0.15, 0.2) is 0 Å². The Kier molecular flexibility index (Phi) is 3.42. The maximum Gasteiger partial charge on any atom is 0.243 e. The highest BCUT2D eigenvalue weighted by Gasteiger charge is 2.44. The van der Waals surface area contributed by atoms with Crippen LogP contribution in [0.3, 0.4) is 0 Å². The van der Waals surface area contributed by atoms with Gasteiger partial charge >= 0.3 is 0 Å². The molecule has 0 spiro atoms. The summed E-state index contributed by atoms with van der Waals surface area (Å²) in [5, 5.41) is 3.33. The number of carbonyl (C=O) groups is 2. The molecule has 1 aliphatic carbocycles. The van der Waals surface area contributed by atoms with Crippen LogP contribution in [0.15, 0.2) is 18.2 Å². The van der Waals surface area contributed by atoms with E-state index >= 15 is 0 Å². The van der Waals surface area contributed by atoms with Crippen molar-refractivity contribution in [3.05, 3.63) is 34.3 Å². The summed E-state index contributed by atoms with van der Waals surface area (Å²) in [4.78, 5) is 25.8. The number of hydrogen-bond donors (Lipinski definition) is 1. The summed E-state index contributed by atoms with van der Waals surface area (Å²) in [6.45, 7) is 2.47. The summed E-state index contributed by atoms with van der Waals surface area (Å²) < 4.78 is 0. The zero-order valence-electron chi connectivity index (χ0n) is 11.4. The van der Waals surface area contributed by atoms with Gasteiger partial charge in [-0.25, -0.2) is 0 Å². The van der Waals surface area contributed by atoms with Crippen molar-refractivity contribution >= 4 is 23.4 Å². The first-order valence-corrected chi connectivity index (χ1v) is 7.26. The van der Waals surface area contributed by atoms with E-state index in [0.717, 1.165) is 24.0 Å². The molecule has 5 heteroatoms. The van der Waals surface area contributed by atoms with E-state index in [2.05, 4.69) is 5.32 Å². The molecule has 2 fully saturated rings. The van der Waals surface area contributed by atoms with Crippen LogP contribution in [0.25, 0.3) is 0 Å². The van der Waals surface area contributed by atoms with E-state index in [1.54, 1.807) is 4.90 Å². The van der Waals surface area contributed by atoms with Gasteiger partial charge in [0, 0.05) is 11.6 Å². The third kappa shape index (κ3) is 2.52. The summed E-state index contributed by atoms with van der Waals surface area (Å²) >= 11 is 6.24. The first-order chi connectivity index (χ1) is 9.56. The number of hydrogen-bond acceptors (Lipinski definition) is 2. The predicted molar refractivity (Wildman–Crippen MR) is 76.3 cm³/mol. The maximum absolute atomic E-state index is 12.1. The Labute approximate surface area is 123 Å².